The molecule has 0 N–H and O–H groups in total. The smallest absolute Gasteiger partial charge is 0.0469 e. The van der Waals surface area contributed by atoms with Crippen LogP contribution in [0.25, 0.3) is 0 Å². The van der Waals surface area contributed by atoms with Crippen LogP contribution in [-0.2, 0) is 4.74 Å². The number of hydrogen-bond donors (Lipinski definition) is 0. The van der Waals surface area contributed by atoms with Crippen LogP contribution < -0.4 is 0 Å². The highest BCUT2D eigenvalue weighted by atomic mass is 79.9. The van der Waals surface area contributed by atoms with Crippen molar-refractivity contribution in [2.24, 2.45) is 5.92 Å². The van der Waals surface area contributed by atoms with Crippen molar-refractivity contribution in [2.45, 2.75) is 12.8 Å². The SMILES string of the molecule is BrCCN1CCN(CC2CCOCC2)CC1. The molecule has 0 unspecified atom stereocenters. The minimum Gasteiger partial charge on any atom is -0.381 e. The Morgan fingerprint density at radius 2 is 1.62 bits per heavy atom. The summed E-state index contributed by atoms with van der Waals surface area (Å²) in [7, 11) is 0. The Balaban J connectivity index is 1.64. The normalized spacial score (nSPS) is 26.1. The lowest BCUT2D eigenvalue weighted by atomic mass is 9.99. The Morgan fingerprint density at radius 3 is 2.25 bits per heavy atom. The minimum atomic E-state index is 0.886. The highest BCUT2D eigenvalue weighted by Crippen LogP contribution is 2.17. The van der Waals surface area contributed by atoms with Crippen LogP contribution in [0.4, 0.5) is 0 Å². The number of ether oxygens (including phenoxy) is 1. The Bertz CT molecular complexity index is 189. The molecule has 0 aromatic carbocycles. The van der Waals surface area contributed by atoms with Crippen LogP contribution in [0.15, 0.2) is 0 Å². The van der Waals surface area contributed by atoms with Gasteiger partial charge in [-0.25, -0.2) is 0 Å². The summed E-state index contributed by atoms with van der Waals surface area (Å²) >= 11 is 3.51. The first kappa shape index (κ1) is 12.8. The Kier molecular flexibility index (Phi) is 5.56. The summed E-state index contributed by atoms with van der Waals surface area (Å²) in [4.78, 5) is 5.19. The number of rotatable bonds is 4. The van der Waals surface area contributed by atoms with Crippen LogP contribution in [0, 0.1) is 5.92 Å². The summed E-state index contributed by atoms with van der Waals surface area (Å²) in [6, 6.07) is 0. The fourth-order valence-electron chi connectivity index (χ4n) is 2.61. The first-order chi connectivity index (χ1) is 7.88. The molecule has 0 spiro atoms. The summed E-state index contributed by atoms with van der Waals surface area (Å²) < 4.78 is 5.41. The van der Waals surface area contributed by atoms with Gasteiger partial charge >= 0.3 is 0 Å². The molecule has 0 amide bonds. The van der Waals surface area contributed by atoms with E-state index >= 15 is 0 Å². The van der Waals surface area contributed by atoms with Crippen LogP contribution in [0.3, 0.4) is 0 Å². The average molecular weight is 291 g/mol. The molecule has 2 heterocycles. The average Bonchev–Trinajstić information content (AvgIpc) is 2.33. The van der Waals surface area contributed by atoms with Gasteiger partial charge in [-0.1, -0.05) is 15.9 Å². The standard InChI is InChI=1S/C12H23BrN2O/c13-3-4-14-5-7-15(8-6-14)11-12-1-9-16-10-2-12/h12H,1-11H2. The van der Waals surface area contributed by atoms with Crippen LogP contribution in [0.2, 0.25) is 0 Å². The van der Waals surface area contributed by atoms with Gasteiger partial charge in [0.25, 0.3) is 0 Å². The summed E-state index contributed by atoms with van der Waals surface area (Å²) in [5.41, 5.74) is 0. The minimum absolute atomic E-state index is 0.886. The maximum absolute atomic E-state index is 5.41. The molecule has 0 atom stereocenters. The topological polar surface area (TPSA) is 15.7 Å². The lowest BCUT2D eigenvalue weighted by molar-refractivity contribution is 0.0430. The van der Waals surface area contributed by atoms with Gasteiger partial charge in [0.05, 0.1) is 0 Å². The molecular formula is C12H23BrN2O. The van der Waals surface area contributed by atoms with Gasteiger partial charge in [0, 0.05) is 57.8 Å². The van der Waals surface area contributed by atoms with Gasteiger partial charge in [0.2, 0.25) is 0 Å². The third-order valence-electron chi connectivity index (χ3n) is 3.72. The van der Waals surface area contributed by atoms with Crippen molar-refractivity contribution in [3.05, 3.63) is 0 Å². The van der Waals surface area contributed by atoms with Crippen molar-refractivity contribution in [1.82, 2.24) is 9.80 Å². The number of nitrogens with zero attached hydrogens (tertiary/aromatic N) is 2. The molecule has 3 nitrogen and oxygen atoms in total. The lowest BCUT2D eigenvalue weighted by Gasteiger charge is -2.37. The maximum atomic E-state index is 5.41. The molecule has 0 bridgehead atoms. The molecular weight excluding hydrogens is 268 g/mol. The summed E-state index contributed by atoms with van der Waals surface area (Å²) in [5.74, 6) is 0.886. The summed E-state index contributed by atoms with van der Waals surface area (Å²) in [5, 5.41) is 1.10. The van der Waals surface area contributed by atoms with Gasteiger partial charge in [0.1, 0.15) is 0 Å². The highest BCUT2D eigenvalue weighted by Gasteiger charge is 2.21. The third kappa shape index (κ3) is 3.99. The Hall–Kier alpha value is 0.360. The Morgan fingerprint density at radius 1 is 1.00 bits per heavy atom. The molecule has 2 rings (SSSR count). The van der Waals surface area contributed by atoms with E-state index in [4.69, 9.17) is 4.74 Å². The van der Waals surface area contributed by atoms with Crippen molar-refractivity contribution in [2.75, 3.05) is 57.8 Å². The molecule has 2 saturated heterocycles. The fourth-order valence-corrected chi connectivity index (χ4v) is 3.11. The number of halogens is 1. The first-order valence-electron chi connectivity index (χ1n) is 6.47. The van der Waals surface area contributed by atoms with E-state index in [0.29, 0.717) is 0 Å². The maximum Gasteiger partial charge on any atom is 0.0469 e. The van der Waals surface area contributed by atoms with Gasteiger partial charge in [-0.05, 0) is 18.8 Å². The van der Waals surface area contributed by atoms with E-state index in [1.54, 1.807) is 0 Å². The summed E-state index contributed by atoms with van der Waals surface area (Å²) in [6.07, 6.45) is 2.53. The second kappa shape index (κ2) is 6.94. The van der Waals surface area contributed by atoms with E-state index < -0.39 is 0 Å². The van der Waals surface area contributed by atoms with Crippen LogP contribution in [-0.4, -0.2) is 67.6 Å². The number of piperazine rings is 1. The van der Waals surface area contributed by atoms with E-state index in [-0.39, 0.29) is 0 Å². The summed E-state index contributed by atoms with van der Waals surface area (Å²) in [6.45, 7) is 9.46. The number of hydrogen-bond acceptors (Lipinski definition) is 3. The lowest BCUT2D eigenvalue weighted by Crippen LogP contribution is -2.48. The van der Waals surface area contributed by atoms with E-state index in [9.17, 15) is 0 Å². The van der Waals surface area contributed by atoms with Crippen molar-refractivity contribution in [3.63, 3.8) is 0 Å². The second-order valence-corrected chi connectivity index (χ2v) is 5.68. The van der Waals surface area contributed by atoms with Gasteiger partial charge in [-0.2, -0.15) is 0 Å². The molecule has 0 aromatic heterocycles. The zero-order valence-corrected chi connectivity index (χ0v) is 11.6. The third-order valence-corrected chi connectivity index (χ3v) is 4.08. The monoisotopic (exact) mass is 290 g/mol. The van der Waals surface area contributed by atoms with E-state index in [1.165, 1.54) is 52.1 Å². The molecule has 2 aliphatic heterocycles. The van der Waals surface area contributed by atoms with Crippen molar-refractivity contribution >= 4 is 15.9 Å². The van der Waals surface area contributed by atoms with Gasteiger partial charge in [-0.15, -0.1) is 0 Å². The molecule has 0 aliphatic carbocycles. The second-order valence-electron chi connectivity index (χ2n) is 4.89. The van der Waals surface area contributed by atoms with Crippen LogP contribution in [0.5, 0.6) is 0 Å². The molecule has 2 aliphatic rings. The van der Waals surface area contributed by atoms with E-state index in [1.807, 2.05) is 0 Å². The molecule has 0 saturated carbocycles. The number of alkyl halides is 1. The molecule has 2 fully saturated rings. The fraction of sp³-hybridized carbons (Fsp3) is 1.00. The van der Waals surface area contributed by atoms with Crippen molar-refractivity contribution < 1.29 is 4.74 Å². The predicted octanol–water partition coefficient (Wildman–Crippen LogP) is 1.43. The van der Waals surface area contributed by atoms with Crippen LogP contribution >= 0.6 is 15.9 Å². The highest BCUT2D eigenvalue weighted by molar-refractivity contribution is 9.09. The van der Waals surface area contributed by atoms with E-state index in [0.717, 1.165) is 24.5 Å². The Labute approximate surface area is 107 Å². The zero-order chi connectivity index (χ0) is 11.2. The molecule has 4 heteroatoms. The molecule has 0 aromatic rings. The molecule has 94 valence electrons. The first-order valence-corrected chi connectivity index (χ1v) is 7.59. The van der Waals surface area contributed by atoms with Gasteiger partial charge in [-0.3, -0.25) is 4.90 Å². The quantitative estimate of drug-likeness (QED) is 0.729. The van der Waals surface area contributed by atoms with Gasteiger partial charge < -0.3 is 9.64 Å². The molecule has 0 radical (unpaired) electrons. The zero-order valence-electron chi connectivity index (χ0n) is 10.0. The van der Waals surface area contributed by atoms with Crippen molar-refractivity contribution in [1.29, 1.82) is 0 Å². The van der Waals surface area contributed by atoms with E-state index in [2.05, 4.69) is 25.7 Å². The van der Waals surface area contributed by atoms with Crippen molar-refractivity contribution in [3.8, 4) is 0 Å². The van der Waals surface area contributed by atoms with Gasteiger partial charge in [0.15, 0.2) is 0 Å². The predicted molar refractivity (Wildman–Crippen MR) is 70.2 cm³/mol. The molecule has 16 heavy (non-hydrogen) atoms. The van der Waals surface area contributed by atoms with Crippen LogP contribution in [0.1, 0.15) is 12.8 Å². The largest absolute Gasteiger partial charge is 0.381 e.